The van der Waals surface area contributed by atoms with E-state index in [1.807, 2.05) is 55.5 Å². The number of pyridine rings is 1. The predicted molar refractivity (Wildman–Crippen MR) is 92.4 cm³/mol. The maximum atomic E-state index is 9.60. The molecule has 0 fully saturated rings. The number of rotatable bonds is 2. The molecule has 0 aliphatic carbocycles. The van der Waals surface area contributed by atoms with Gasteiger partial charge in [0.05, 0.1) is 17.1 Å². The number of aromatic nitrogens is 1. The third kappa shape index (κ3) is 3.15. The van der Waals surface area contributed by atoms with Gasteiger partial charge in [-0.3, -0.25) is 0 Å². The fourth-order valence-electron chi connectivity index (χ4n) is 2.30. The lowest BCUT2D eigenvalue weighted by Crippen LogP contribution is -2.22. The molecule has 0 saturated heterocycles. The largest absolute Gasteiger partial charge is 0.329 e. The number of amidine groups is 1. The van der Waals surface area contributed by atoms with Crippen molar-refractivity contribution in [2.24, 2.45) is 4.99 Å². The van der Waals surface area contributed by atoms with Gasteiger partial charge in [0.1, 0.15) is 11.6 Å². The highest BCUT2D eigenvalue weighted by Gasteiger charge is 2.16. The molecule has 1 aliphatic rings. The molecule has 0 radical (unpaired) electrons. The molecule has 112 valence electrons. The first-order valence-electron chi connectivity index (χ1n) is 7.03. The molecule has 2 aromatic rings. The fourth-order valence-corrected chi connectivity index (χ4v) is 2.44. The van der Waals surface area contributed by atoms with Gasteiger partial charge in [0.25, 0.3) is 0 Å². The van der Waals surface area contributed by atoms with E-state index in [0.29, 0.717) is 17.0 Å². The van der Waals surface area contributed by atoms with Gasteiger partial charge in [-0.1, -0.05) is 36.4 Å². The minimum absolute atomic E-state index is 0.234. The van der Waals surface area contributed by atoms with Gasteiger partial charge in [0.15, 0.2) is 5.29 Å². The zero-order valence-electron chi connectivity index (χ0n) is 12.4. The van der Waals surface area contributed by atoms with E-state index in [1.54, 1.807) is 6.20 Å². The molecule has 0 unspecified atom stereocenters. The predicted octanol–water partition coefficient (Wildman–Crippen LogP) is 4.09. The number of hydrogen-bond acceptors (Lipinski definition) is 4. The Kier molecular flexibility index (Phi) is 4.22. The third-order valence-electron chi connectivity index (χ3n) is 3.43. The van der Waals surface area contributed by atoms with Gasteiger partial charge < -0.3 is 5.32 Å². The van der Waals surface area contributed by atoms with Crippen LogP contribution in [0.2, 0.25) is 0 Å². The highest BCUT2D eigenvalue weighted by molar-refractivity contribution is 6.65. The molecule has 0 atom stereocenters. The van der Waals surface area contributed by atoms with Gasteiger partial charge >= 0.3 is 0 Å². The van der Waals surface area contributed by atoms with Gasteiger partial charge in [-0.2, -0.15) is 5.26 Å². The average molecular weight is 321 g/mol. The zero-order chi connectivity index (χ0) is 16.2. The third-order valence-corrected chi connectivity index (χ3v) is 3.62. The van der Waals surface area contributed by atoms with Crippen molar-refractivity contribution in [2.45, 2.75) is 6.92 Å². The van der Waals surface area contributed by atoms with Crippen molar-refractivity contribution < 1.29 is 0 Å². The lowest BCUT2D eigenvalue weighted by molar-refractivity contribution is 1.09. The SMILES string of the molecule is CC1=CN=C(Cl)NC1=C(C#N)c1cccc(-c2ccccc2)n1. The topological polar surface area (TPSA) is 61.1 Å². The van der Waals surface area contributed by atoms with Crippen LogP contribution in [-0.4, -0.2) is 10.3 Å². The Morgan fingerprint density at radius 1 is 1.13 bits per heavy atom. The molecule has 1 aromatic heterocycles. The molecule has 5 heteroatoms. The molecule has 1 aromatic carbocycles. The summed E-state index contributed by atoms with van der Waals surface area (Å²) in [6.45, 7) is 1.87. The first-order valence-corrected chi connectivity index (χ1v) is 7.41. The van der Waals surface area contributed by atoms with Crippen LogP contribution in [0.25, 0.3) is 16.8 Å². The molecule has 3 rings (SSSR count). The lowest BCUT2D eigenvalue weighted by Gasteiger charge is -2.15. The molecular weight excluding hydrogens is 308 g/mol. The zero-order valence-corrected chi connectivity index (χ0v) is 13.2. The van der Waals surface area contributed by atoms with Crippen molar-refractivity contribution in [3.63, 3.8) is 0 Å². The number of allylic oxidation sites excluding steroid dienone is 2. The van der Waals surface area contributed by atoms with Crippen LogP contribution in [0.1, 0.15) is 12.6 Å². The Labute approximate surface area is 139 Å². The molecule has 0 saturated carbocycles. The Bertz CT molecular complexity index is 873. The molecule has 0 spiro atoms. The van der Waals surface area contributed by atoms with Crippen molar-refractivity contribution in [3.05, 3.63) is 71.7 Å². The van der Waals surface area contributed by atoms with E-state index >= 15 is 0 Å². The smallest absolute Gasteiger partial charge is 0.200 e. The van der Waals surface area contributed by atoms with Crippen molar-refractivity contribution in [2.75, 3.05) is 0 Å². The number of nitriles is 1. The Morgan fingerprint density at radius 2 is 1.91 bits per heavy atom. The van der Waals surface area contributed by atoms with Gasteiger partial charge in [0, 0.05) is 11.8 Å². The number of hydrogen-bond donors (Lipinski definition) is 1. The van der Waals surface area contributed by atoms with E-state index in [0.717, 1.165) is 16.8 Å². The van der Waals surface area contributed by atoms with E-state index < -0.39 is 0 Å². The highest BCUT2D eigenvalue weighted by Crippen LogP contribution is 2.25. The summed E-state index contributed by atoms with van der Waals surface area (Å²) >= 11 is 5.92. The van der Waals surface area contributed by atoms with E-state index in [4.69, 9.17) is 11.6 Å². The van der Waals surface area contributed by atoms with Crippen LogP contribution in [-0.2, 0) is 0 Å². The van der Waals surface area contributed by atoms with Gasteiger partial charge in [-0.25, -0.2) is 9.98 Å². The maximum absolute atomic E-state index is 9.60. The standard InChI is InChI=1S/C18H13ClN4/c1-12-11-21-18(19)23-17(12)14(10-20)16-9-5-8-15(22-16)13-6-3-2-4-7-13/h2-9,11H,1H3,(H,21,23). The fraction of sp³-hybridized carbons (Fsp3) is 0.0556. The number of aliphatic imine (C=N–C) groups is 1. The summed E-state index contributed by atoms with van der Waals surface area (Å²) in [5, 5.41) is 12.8. The molecule has 1 N–H and O–H groups in total. The van der Waals surface area contributed by atoms with Crippen LogP contribution < -0.4 is 5.32 Å². The van der Waals surface area contributed by atoms with Crippen molar-refractivity contribution in [1.29, 1.82) is 5.26 Å². The lowest BCUT2D eigenvalue weighted by atomic mass is 10.0. The van der Waals surface area contributed by atoms with E-state index in [1.165, 1.54) is 0 Å². The van der Waals surface area contributed by atoms with Crippen LogP contribution in [0.5, 0.6) is 0 Å². The van der Waals surface area contributed by atoms with E-state index in [2.05, 4.69) is 21.4 Å². The van der Waals surface area contributed by atoms with Gasteiger partial charge in [0.2, 0.25) is 0 Å². The first kappa shape index (κ1) is 15.0. The van der Waals surface area contributed by atoms with Crippen LogP contribution in [0.4, 0.5) is 0 Å². The quantitative estimate of drug-likeness (QED) is 0.669. The Morgan fingerprint density at radius 3 is 2.65 bits per heavy atom. The number of nitrogens with zero attached hydrogens (tertiary/aromatic N) is 3. The summed E-state index contributed by atoms with van der Waals surface area (Å²) in [6, 6.07) is 17.7. The molecule has 1 aliphatic heterocycles. The van der Waals surface area contributed by atoms with Crippen LogP contribution in [0, 0.1) is 11.3 Å². The second kappa shape index (κ2) is 6.47. The first-order chi connectivity index (χ1) is 11.2. The summed E-state index contributed by atoms with van der Waals surface area (Å²) in [7, 11) is 0. The van der Waals surface area contributed by atoms with E-state index in [9.17, 15) is 5.26 Å². The minimum Gasteiger partial charge on any atom is -0.329 e. The number of benzene rings is 1. The molecular formula is C18H13ClN4. The maximum Gasteiger partial charge on any atom is 0.200 e. The molecule has 23 heavy (non-hydrogen) atoms. The Hall–Kier alpha value is -2.90. The van der Waals surface area contributed by atoms with Crippen molar-refractivity contribution in [3.8, 4) is 17.3 Å². The summed E-state index contributed by atoms with van der Waals surface area (Å²) in [6.07, 6.45) is 1.63. The highest BCUT2D eigenvalue weighted by atomic mass is 35.5. The summed E-state index contributed by atoms with van der Waals surface area (Å²) in [5.74, 6) is 0. The summed E-state index contributed by atoms with van der Waals surface area (Å²) in [4.78, 5) is 8.60. The van der Waals surface area contributed by atoms with E-state index in [-0.39, 0.29) is 5.29 Å². The van der Waals surface area contributed by atoms with Gasteiger partial charge in [-0.05, 0) is 36.2 Å². The molecule has 0 bridgehead atoms. The minimum atomic E-state index is 0.234. The van der Waals surface area contributed by atoms with Crippen molar-refractivity contribution in [1.82, 2.24) is 10.3 Å². The summed E-state index contributed by atoms with van der Waals surface area (Å²) in [5.41, 5.74) is 4.30. The van der Waals surface area contributed by atoms with Crippen LogP contribution >= 0.6 is 11.6 Å². The van der Waals surface area contributed by atoms with Crippen LogP contribution in [0.3, 0.4) is 0 Å². The second-order valence-corrected chi connectivity index (χ2v) is 5.35. The molecule has 0 amide bonds. The summed E-state index contributed by atoms with van der Waals surface area (Å²) < 4.78 is 0. The molecule has 2 heterocycles. The normalized spacial score (nSPS) is 15.9. The Balaban J connectivity index is 2.09. The van der Waals surface area contributed by atoms with Crippen molar-refractivity contribution >= 4 is 22.5 Å². The van der Waals surface area contributed by atoms with Crippen LogP contribution in [0.15, 0.2) is 71.0 Å². The average Bonchev–Trinajstić information content (AvgIpc) is 2.60. The van der Waals surface area contributed by atoms with Gasteiger partial charge in [-0.15, -0.1) is 0 Å². The number of halogens is 1. The second-order valence-electron chi connectivity index (χ2n) is 4.99. The molecule has 4 nitrogen and oxygen atoms in total. The number of nitrogens with one attached hydrogen (secondary N) is 1. The monoisotopic (exact) mass is 320 g/mol.